The summed E-state index contributed by atoms with van der Waals surface area (Å²) in [4.78, 5) is 4.67. The molecule has 0 bridgehead atoms. The summed E-state index contributed by atoms with van der Waals surface area (Å²) in [5.74, 6) is 0. The number of hydrogen-bond donors (Lipinski definition) is 0. The molecule has 0 amide bonds. The molecule has 0 saturated carbocycles. The van der Waals surface area contributed by atoms with Gasteiger partial charge in [0.1, 0.15) is 0 Å². The second kappa shape index (κ2) is 14.7. The van der Waals surface area contributed by atoms with Crippen LogP contribution in [-0.4, -0.2) is 0 Å². The highest BCUT2D eigenvalue weighted by molar-refractivity contribution is 6.21. The van der Waals surface area contributed by atoms with Gasteiger partial charge in [0.15, 0.2) is 0 Å². The summed E-state index contributed by atoms with van der Waals surface area (Å²) >= 11 is 0. The van der Waals surface area contributed by atoms with Crippen LogP contribution >= 0.6 is 0 Å². The van der Waals surface area contributed by atoms with Gasteiger partial charge in [0.25, 0.3) is 0 Å². The maximum absolute atomic E-state index is 2.34. The first kappa shape index (κ1) is 34.8. The van der Waals surface area contributed by atoms with Crippen LogP contribution in [0.25, 0.3) is 43.8 Å². The third-order valence-electron chi connectivity index (χ3n) is 10.8. The highest BCUT2D eigenvalue weighted by Gasteiger charge is 2.20. The number of anilines is 6. The molecule has 0 spiro atoms. The van der Waals surface area contributed by atoms with E-state index in [0.29, 0.717) is 0 Å². The van der Waals surface area contributed by atoms with Crippen LogP contribution in [-0.2, 0) is 5.41 Å². The van der Waals surface area contributed by atoms with Gasteiger partial charge in [-0.05, 0) is 128 Å². The van der Waals surface area contributed by atoms with Gasteiger partial charge in [0.2, 0.25) is 0 Å². The molecule has 56 heavy (non-hydrogen) atoms. The average molecular weight is 721 g/mol. The van der Waals surface area contributed by atoms with Gasteiger partial charge in [-0.25, -0.2) is 0 Å². The van der Waals surface area contributed by atoms with Gasteiger partial charge in [0.05, 0.1) is 0 Å². The Morgan fingerprint density at radius 3 is 0.893 bits per heavy atom. The summed E-state index contributed by atoms with van der Waals surface area (Å²) in [7, 11) is 0. The number of para-hydroxylation sites is 2. The van der Waals surface area contributed by atoms with Crippen LogP contribution in [0.4, 0.5) is 34.1 Å². The molecule has 0 heterocycles. The van der Waals surface area contributed by atoms with Crippen molar-refractivity contribution in [1.82, 2.24) is 0 Å². The van der Waals surface area contributed by atoms with E-state index >= 15 is 0 Å². The van der Waals surface area contributed by atoms with Crippen molar-refractivity contribution in [3.63, 3.8) is 0 Å². The van der Waals surface area contributed by atoms with Crippen molar-refractivity contribution in [3.8, 4) is 22.3 Å². The molecule has 0 unspecified atom stereocenters. The highest BCUT2D eigenvalue weighted by atomic mass is 15.2. The third-order valence-corrected chi connectivity index (χ3v) is 10.8. The lowest BCUT2D eigenvalue weighted by molar-refractivity contribution is 0.590. The molecular weight excluding hydrogens is 677 g/mol. The fourth-order valence-corrected chi connectivity index (χ4v) is 8.04. The van der Waals surface area contributed by atoms with E-state index in [1.807, 2.05) is 0 Å². The first-order valence-corrected chi connectivity index (χ1v) is 19.4. The zero-order valence-electron chi connectivity index (χ0n) is 32.1. The van der Waals surface area contributed by atoms with Crippen molar-refractivity contribution in [3.05, 3.63) is 218 Å². The van der Waals surface area contributed by atoms with Crippen LogP contribution in [0.5, 0.6) is 0 Å². The lowest BCUT2D eigenvalue weighted by Crippen LogP contribution is -2.13. The molecule has 270 valence electrons. The van der Waals surface area contributed by atoms with Gasteiger partial charge in [-0.15, -0.1) is 0 Å². The van der Waals surface area contributed by atoms with Crippen molar-refractivity contribution in [2.24, 2.45) is 0 Å². The number of nitrogens with zero attached hydrogens (tertiary/aromatic N) is 2. The van der Waals surface area contributed by atoms with Gasteiger partial charge >= 0.3 is 0 Å². The smallest absolute Gasteiger partial charge is 0.0463 e. The van der Waals surface area contributed by atoms with Crippen LogP contribution < -0.4 is 9.80 Å². The Morgan fingerprint density at radius 2 is 0.536 bits per heavy atom. The first-order valence-electron chi connectivity index (χ1n) is 19.4. The molecule has 9 aromatic rings. The van der Waals surface area contributed by atoms with Crippen molar-refractivity contribution < 1.29 is 0 Å². The fraction of sp³-hybridized carbons (Fsp3) is 0.0741. The second-order valence-electron chi connectivity index (χ2n) is 15.4. The number of rotatable bonds is 8. The Morgan fingerprint density at radius 1 is 0.268 bits per heavy atom. The van der Waals surface area contributed by atoms with Crippen molar-refractivity contribution in [2.45, 2.75) is 26.2 Å². The van der Waals surface area contributed by atoms with Crippen LogP contribution in [0, 0.1) is 0 Å². The Balaban J connectivity index is 1.12. The zero-order chi connectivity index (χ0) is 38.1. The van der Waals surface area contributed by atoms with E-state index in [-0.39, 0.29) is 5.41 Å². The highest BCUT2D eigenvalue weighted by Crippen LogP contribution is 2.45. The van der Waals surface area contributed by atoms with E-state index in [0.717, 1.165) is 34.1 Å². The van der Waals surface area contributed by atoms with Crippen molar-refractivity contribution in [1.29, 1.82) is 0 Å². The minimum Gasteiger partial charge on any atom is -0.311 e. The molecule has 0 fully saturated rings. The Labute approximate surface area is 330 Å². The molecule has 2 nitrogen and oxygen atoms in total. The third kappa shape index (κ3) is 6.61. The summed E-state index contributed by atoms with van der Waals surface area (Å²) in [6.07, 6.45) is 0. The normalized spacial score (nSPS) is 11.5. The lowest BCUT2D eigenvalue weighted by atomic mass is 9.86. The van der Waals surface area contributed by atoms with Gasteiger partial charge in [-0.1, -0.05) is 160 Å². The molecular formula is C54H44N2. The van der Waals surface area contributed by atoms with Crippen molar-refractivity contribution >= 4 is 55.7 Å². The summed E-state index contributed by atoms with van der Waals surface area (Å²) < 4.78 is 0. The molecule has 0 N–H and O–H groups in total. The largest absolute Gasteiger partial charge is 0.311 e. The molecule has 0 atom stereocenters. The minimum absolute atomic E-state index is 0.0887. The standard InChI is InChI=1S/C54H44N2/c1-54(2,3)41-29-33-45(34-30-41)56(43-21-11-6-12-22-43)47-37-35-46(36-38-47)55(42-19-9-5-10-20-42)44-31-27-40(28-32-44)53-50-25-15-13-23-48(50)52(39-17-7-4-8-18-39)49-24-14-16-26-51(49)53/h4-38H,1-3H3. The molecule has 9 rings (SSSR count). The quantitative estimate of drug-likeness (QED) is 0.144. The zero-order valence-corrected chi connectivity index (χ0v) is 32.1. The molecule has 0 radical (unpaired) electrons. The van der Waals surface area contributed by atoms with Gasteiger partial charge < -0.3 is 9.80 Å². The van der Waals surface area contributed by atoms with E-state index in [4.69, 9.17) is 0 Å². The maximum atomic E-state index is 2.34. The van der Waals surface area contributed by atoms with Crippen molar-refractivity contribution in [2.75, 3.05) is 9.80 Å². The Kier molecular flexibility index (Phi) is 9.17. The van der Waals surface area contributed by atoms with E-state index < -0.39 is 0 Å². The molecule has 9 aromatic carbocycles. The molecule has 0 aliphatic rings. The van der Waals surface area contributed by atoms with Gasteiger partial charge in [-0.2, -0.15) is 0 Å². The van der Waals surface area contributed by atoms with E-state index in [1.54, 1.807) is 0 Å². The van der Waals surface area contributed by atoms with Crippen LogP contribution in [0.15, 0.2) is 212 Å². The Hall–Kier alpha value is -6.90. The molecule has 0 saturated heterocycles. The fourth-order valence-electron chi connectivity index (χ4n) is 8.04. The van der Waals surface area contributed by atoms with E-state index in [2.05, 4.69) is 243 Å². The molecule has 0 aliphatic heterocycles. The predicted octanol–water partition coefficient (Wildman–Crippen LogP) is 15.6. The SMILES string of the molecule is CC(C)(C)c1ccc(N(c2ccccc2)c2ccc(N(c3ccccc3)c3ccc(-c4c5ccccc5c(-c5ccccc5)c5ccccc45)cc3)cc2)cc1. The van der Waals surface area contributed by atoms with Crippen LogP contribution in [0.1, 0.15) is 26.3 Å². The number of hydrogen-bond acceptors (Lipinski definition) is 2. The monoisotopic (exact) mass is 720 g/mol. The summed E-state index contributed by atoms with van der Waals surface area (Å²) in [6.45, 7) is 6.78. The lowest BCUT2D eigenvalue weighted by Gasteiger charge is -2.29. The second-order valence-corrected chi connectivity index (χ2v) is 15.4. The molecule has 0 aromatic heterocycles. The summed E-state index contributed by atoms with van der Waals surface area (Å²) in [5.41, 5.74) is 13.0. The molecule has 2 heteroatoms. The summed E-state index contributed by atoms with van der Waals surface area (Å²) in [5, 5.41) is 5.03. The maximum Gasteiger partial charge on any atom is 0.0463 e. The minimum atomic E-state index is 0.0887. The van der Waals surface area contributed by atoms with E-state index in [9.17, 15) is 0 Å². The van der Waals surface area contributed by atoms with Gasteiger partial charge in [0, 0.05) is 34.1 Å². The first-order chi connectivity index (χ1) is 27.4. The molecule has 0 aliphatic carbocycles. The number of benzene rings is 9. The topological polar surface area (TPSA) is 6.48 Å². The number of fused-ring (bicyclic) bond motifs is 2. The summed E-state index contributed by atoms with van der Waals surface area (Å²) in [6, 6.07) is 76.8. The van der Waals surface area contributed by atoms with Crippen LogP contribution in [0.2, 0.25) is 0 Å². The van der Waals surface area contributed by atoms with E-state index in [1.165, 1.54) is 49.4 Å². The Bertz CT molecular complexity index is 2670. The average Bonchev–Trinajstić information content (AvgIpc) is 3.25. The van der Waals surface area contributed by atoms with Gasteiger partial charge in [-0.3, -0.25) is 0 Å². The van der Waals surface area contributed by atoms with Crippen LogP contribution in [0.3, 0.4) is 0 Å². The predicted molar refractivity (Wildman–Crippen MR) is 240 cm³/mol.